The molecule has 0 aromatic carbocycles. The maximum Gasteiger partial charge on any atom is 0.270 e. The number of nitrogens with zero attached hydrogens (tertiary/aromatic N) is 5. The first kappa shape index (κ1) is 36.7. The summed E-state index contributed by atoms with van der Waals surface area (Å²) in [6.45, 7) is 24.0. The Labute approximate surface area is 257 Å². The zero-order chi connectivity index (χ0) is 31.8. The number of piperazine rings is 1. The van der Waals surface area contributed by atoms with Crippen LogP contribution in [0.3, 0.4) is 0 Å². The number of likely N-dealkylation sites (N-methyl/N-ethyl adjacent to an activating group) is 1. The molecule has 0 aliphatic carbocycles. The average molecular weight is 602 g/mol. The molecule has 2 aromatic rings. The van der Waals surface area contributed by atoms with Gasteiger partial charge in [-0.2, -0.15) is 0 Å². The minimum atomic E-state index is -0.106. The van der Waals surface area contributed by atoms with E-state index in [4.69, 9.17) is 10.5 Å². The summed E-state index contributed by atoms with van der Waals surface area (Å²) in [6.07, 6.45) is 1.48. The van der Waals surface area contributed by atoms with Crippen LogP contribution < -0.4 is 11.1 Å². The lowest BCUT2D eigenvalue weighted by Crippen LogP contribution is -2.50. The fraction of sp³-hybridized carbons (Fsp3) is 0.548. The van der Waals surface area contributed by atoms with Crippen molar-refractivity contribution < 1.29 is 15.8 Å². The number of carbonyl (C=O) groups excluding carboxylic acids is 3. The van der Waals surface area contributed by atoms with Crippen LogP contribution in [0.4, 0.5) is 5.13 Å². The van der Waals surface area contributed by atoms with Crippen LogP contribution >= 0.6 is 11.3 Å². The zero-order valence-electron chi connectivity index (χ0n) is 26.6. The molecule has 11 heteroatoms. The molecule has 0 spiro atoms. The van der Waals surface area contributed by atoms with E-state index in [2.05, 4.69) is 43.9 Å². The molecule has 1 amide bonds. The van der Waals surface area contributed by atoms with E-state index >= 15 is 0 Å². The Kier molecular flexibility index (Phi) is 16.6. The topological polar surface area (TPSA) is 134 Å². The number of hydrogen-bond acceptors (Lipinski definition) is 10. The van der Waals surface area contributed by atoms with E-state index < -0.39 is 0 Å². The first-order chi connectivity index (χ1) is 19.9. The fourth-order valence-corrected chi connectivity index (χ4v) is 4.99. The third-order valence-electron chi connectivity index (χ3n) is 6.88. The number of nitrogens with two attached hydrogens (primary N) is 1. The smallest absolute Gasteiger partial charge is 0.270 e. The zero-order valence-corrected chi connectivity index (χ0v) is 27.4. The van der Waals surface area contributed by atoms with Gasteiger partial charge in [0.2, 0.25) is 0 Å². The second-order valence-electron chi connectivity index (χ2n) is 10.4. The van der Waals surface area contributed by atoms with Crippen molar-refractivity contribution in [1.82, 2.24) is 25.1 Å². The molecule has 2 aromatic heterocycles. The van der Waals surface area contributed by atoms with E-state index in [1.165, 1.54) is 16.2 Å². The molecule has 3 N–H and O–H groups in total. The van der Waals surface area contributed by atoms with Gasteiger partial charge < -0.3 is 25.5 Å². The summed E-state index contributed by atoms with van der Waals surface area (Å²) in [5.41, 5.74) is 11.0. The van der Waals surface area contributed by atoms with Crippen LogP contribution in [0, 0.1) is 13.8 Å². The van der Waals surface area contributed by atoms with Crippen molar-refractivity contribution in [2.75, 3.05) is 45.0 Å². The molecule has 0 saturated carbocycles. The summed E-state index contributed by atoms with van der Waals surface area (Å²) in [6, 6.07) is 5.73. The van der Waals surface area contributed by atoms with Crippen LogP contribution in [0.1, 0.15) is 82.6 Å². The third kappa shape index (κ3) is 12.7. The number of pyridine rings is 1. The van der Waals surface area contributed by atoms with Gasteiger partial charge in [0.05, 0.1) is 11.4 Å². The van der Waals surface area contributed by atoms with Gasteiger partial charge in [-0.1, -0.05) is 19.9 Å². The molecule has 1 fully saturated rings. The fourth-order valence-electron chi connectivity index (χ4n) is 4.30. The minimum Gasteiger partial charge on any atom is -0.375 e. The van der Waals surface area contributed by atoms with E-state index in [1.54, 1.807) is 13.0 Å². The Morgan fingerprint density at radius 2 is 1.67 bits per heavy atom. The Morgan fingerprint density at radius 3 is 2.10 bits per heavy atom. The number of allylic oxidation sites excluding steroid dienone is 2. The molecule has 4 rings (SSSR count). The summed E-state index contributed by atoms with van der Waals surface area (Å²) < 4.78 is 0. The van der Waals surface area contributed by atoms with Gasteiger partial charge in [0.25, 0.3) is 5.91 Å². The highest BCUT2D eigenvalue weighted by atomic mass is 32.1. The van der Waals surface area contributed by atoms with Gasteiger partial charge in [-0.15, -0.1) is 11.3 Å². The highest BCUT2D eigenvalue weighted by Gasteiger charge is 2.20. The van der Waals surface area contributed by atoms with Gasteiger partial charge in [0, 0.05) is 74.9 Å². The van der Waals surface area contributed by atoms with Crippen LogP contribution in [0.15, 0.2) is 28.9 Å². The number of Topliss-reactive ketones (excluding diaryl/α,β-unsaturated/α-hetero) is 1. The number of nitrogen functional groups attached to an aromatic ring is 1. The largest absolute Gasteiger partial charge is 0.375 e. The highest BCUT2D eigenvalue weighted by Crippen LogP contribution is 2.27. The number of rotatable bonds is 7. The van der Waals surface area contributed by atoms with Crippen LogP contribution in [0.5, 0.6) is 0 Å². The number of nitrogens with one attached hydrogen (secondary N) is 1. The number of hydrogen-bond donors (Lipinski definition) is 2. The monoisotopic (exact) mass is 601 g/mol. The van der Waals surface area contributed by atoms with Crippen molar-refractivity contribution in [3.8, 4) is 0 Å². The van der Waals surface area contributed by atoms with E-state index in [-0.39, 0.29) is 19.2 Å². The summed E-state index contributed by atoms with van der Waals surface area (Å²) in [4.78, 5) is 49.7. The summed E-state index contributed by atoms with van der Waals surface area (Å²) in [7, 11) is 0. The lowest BCUT2D eigenvalue weighted by Gasteiger charge is -2.35. The second kappa shape index (κ2) is 19.0. The maximum absolute atomic E-state index is 12.7. The average Bonchev–Trinajstić information content (AvgIpc) is 3.47. The lowest BCUT2D eigenvalue weighted by molar-refractivity contribution is -0.116. The highest BCUT2D eigenvalue weighted by molar-refractivity contribution is 7.15. The first-order valence-electron chi connectivity index (χ1n) is 14.4. The quantitative estimate of drug-likeness (QED) is 0.461. The summed E-state index contributed by atoms with van der Waals surface area (Å²) in [5, 5.41) is 3.77. The Bertz CT molecular complexity index is 1200. The van der Waals surface area contributed by atoms with Gasteiger partial charge >= 0.3 is 0 Å². The summed E-state index contributed by atoms with van der Waals surface area (Å²) in [5.74, 6) is 0.149. The summed E-state index contributed by atoms with van der Waals surface area (Å²) >= 11 is 1.54. The minimum absolute atomic E-state index is 0. The van der Waals surface area contributed by atoms with E-state index in [0.29, 0.717) is 17.2 Å². The molecule has 1 atom stereocenters. The molecule has 42 heavy (non-hydrogen) atoms. The number of anilines is 1. The second-order valence-corrected chi connectivity index (χ2v) is 11.6. The van der Waals surface area contributed by atoms with Crippen molar-refractivity contribution >= 4 is 46.2 Å². The van der Waals surface area contributed by atoms with Crippen molar-refractivity contribution in [2.24, 2.45) is 4.99 Å². The Morgan fingerprint density at radius 1 is 1.07 bits per heavy atom. The maximum atomic E-state index is 12.7. The molecule has 234 valence electrons. The number of amides is 1. The molecule has 0 bridgehead atoms. The molecule has 2 aliphatic rings. The molecule has 0 radical (unpaired) electrons. The van der Waals surface area contributed by atoms with Crippen LogP contribution in [0.2, 0.25) is 0 Å². The van der Waals surface area contributed by atoms with Crippen molar-refractivity contribution in [3.05, 3.63) is 45.9 Å². The van der Waals surface area contributed by atoms with Gasteiger partial charge in [0.15, 0.2) is 5.13 Å². The predicted octanol–water partition coefficient (Wildman–Crippen LogP) is 4.82. The van der Waals surface area contributed by atoms with Crippen molar-refractivity contribution in [3.63, 3.8) is 0 Å². The first-order valence-corrected chi connectivity index (χ1v) is 15.2. The Balaban J connectivity index is 0.000000912. The normalized spacial score (nSPS) is 15.7. The van der Waals surface area contributed by atoms with Gasteiger partial charge in [-0.05, 0) is 60.2 Å². The van der Waals surface area contributed by atoms with Crippen LogP contribution in [-0.2, 0) is 9.59 Å². The van der Waals surface area contributed by atoms with E-state index in [1.807, 2.05) is 53.5 Å². The molecule has 0 unspecified atom stereocenters. The lowest BCUT2D eigenvalue weighted by atomic mass is 10.1. The van der Waals surface area contributed by atoms with Crippen molar-refractivity contribution in [2.45, 2.75) is 74.3 Å². The molecule has 1 saturated heterocycles. The number of aromatic nitrogens is 2. The van der Waals surface area contributed by atoms with E-state index in [0.717, 1.165) is 74.1 Å². The molecule has 2 aliphatic heterocycles. The SMILES string of the molecule is C=O.CCC(C)=O.CCN1CCN(C[C@H](C)NC(=O)c2cccc(C3=C(C)N=C(C)C3)n2)CC1.Cc1nc(N)sc1C.[HH]. The number of ketones is 1. The predicted molar refractivity (Wildman–Crippen MR) is 176 cm³/mol. The Hall–Kier alpha value is -3.28. The molecule has 4 heterocycles. The number of aryl methyl sites for hydroxylation is 2. The third-order valence-corrected chi connectivity index (χ3v) is 7.79. The van der Waals surface area contributed by atoms with Gasteiger partial charge in [-0.3, -0.25) is 14.7 Å². The van der Waals surface area contributed by atoms with Crippen LogP contribution in [-0.4, -0.2) is 89.3 Å². The molecular weight excluding hydrogens is 550 g/mol. The van der Waals surface area contributed by atoms with E-state index in [9.17, 15) is 9.59 Å². The van der Waals surface area contributed by atoms with Crippen LogP contribution in [0.25, 0.3) is 5.57 Å². The number of carbonyl (C=O) groups is 3. The number of aliphatic imine (C=N–C) groups is 1. The molecular formula is C31H51N7O3S. The molecule has 10 nitrogen and oxygen atoms in total. The van der Waals surface area contributed by atoms with Crippen molar-refractivity contribution in [1.29, 1.82) is 0 Å². The number of thiazole rings is 1. The standard InChI is InChI=1S/C21H31N5O.C5H8N2S.C4H8O.CH2O.H2/c1-5-25-9-11-26(12-10-25)14-16(3)23-21(27)20-8-6-7-19(24-20)18-13-15(2)22-17(18)4;1-3-4(2)8-5(6)7-3;1-3-4(2)5;1-2;/h6-8,16H,5,9-14H2,1-4H3,(H,23,27);1-2H3,(H2,6,7);3H2,1-2H3;1H2;1H/t16-;;;;/m0..../s1. The van der Waals surface area contributed by atoms with Gasteiger partial charge in [0.1, 0.15) is 18.3 Å². The van der Waals surface area contributed by atoms with Gasteiger partial charge in [-0.25, -0.2) is 9.97 Å².